The number of fused-ring (bicyclic) bond motifs is 1. The average molecular weight is 487 g/mol. The van der Waals surface area contributed by atoms with Crippen LogP contribution in [0, 0.1) is 0 Å². The van der Waals surface area contributed by atoms with Crippen molar-refractivity contribution in [2.75, 3.05) is 38.3 Å². The zero-order chi connectivity index (χ0) is 18.7. The summed E-state index contributed by atoms with van der Waals surface area (Å²) in [6.45, 7) is 1.35. The van der Waals surface area contributed by atoms with Crippen LogP contribution in [0.15, 0.2) is 51.8 Å². The first-order chi connectivity index (χ1) is 12.5. The molecule has 3 aromatic rings. The number of anilines is 1. The van der Waals surface area contributed by atoms with E-state index in [1.165, 1.54) is 4.90 Å². The Balaban J connectivity index is 0.00000261. The lowest BCUT2D eigenvalue weighted by Gasteiger charge is -2.22. The zero-order valence-electron chi connectivity index (χ0n) is 15.3. The van der Waals surface area contributed by atoms with Crippen molar-refractivity contribution in [2.24, 2.45) is 0 Å². The number of amides is 1. The largest absolute Gasteiger partial charge is 0.308 e. The SMILES string of the molecule is CSc1ccc2nc(N(CCN(C)C)C(=O)c3ccccc3Br)sc2c1.Cl. The lowest BCUT2D eigenvalue weighted by molar-refractivity contribution is 0.0984. The predicted octanol–water partition coefficient (Wildman–Crippen LogP) is 5.41. The normalized spacial score (nSPS) is 10.9. The summed E-state index contributed by atoms with van der Waals surface area (Å²) in [6, 6.07) is 13.7. The second-order valence-corrected chi connectivity index (χ2v) is 8.81. The molecule has 0 unspecified atom stereocenters. The number of rotatable bonds is 6. The lowest BCUT2D eigenvalue weighted by atomic mass is 10.2. The average Bonchev–Trinajstić information content (AvgIpc) is 3.04. The molecule has 0 fully saturated rings. The number of thiazole rings is 1. The van der Waals surface area contributed by atoms with Crippen molar-refractivity contribution in [3.8, 4) is 0 Å². The topological polar surface area (TPSA) is 36.4 Å². The van der Waals surface area contributed by atoms with Crippen molar-refractivity contribution < 1.29 is 4.79 Å². The van der Waals surface area contributed by atoms with E-state index in [1.807, 2.05) is 44.4 Å². The van der Waals surface area contributed by atoms with E-state index in [0.29, 0.717) is 12.1 Å². The molecule has 3 rings (SSSR count). The minimum absolute atomic E-state index is 0. The first kappa shape index (κ1) is 22.2. The summed E-state index contributed by atoms with van der Waals surface area (Å²) in [5.41, 5.74) is 1.58. The third-order valence-corrected chi connectivity index (χ3v) is 6.39. The van der Waals surface area contributed by atoms with Gasteiger partial charge in [-0.1, -0.05) is 23.5 Å². The van der Waals surface area contributed by atoms with Gasteiger partial charge in [0.05, 0.1) is 15.8 Å². The number of carbonyl (C=O) groups is 1. The van der Waals surface area contributed by atoms with Gasteiger partial charge >= 0.3 is 0 Å². The molecular formula is C19H21BrClN3OS2. The Kier molecular flexibility index (Phi) is 8.12. The van der Waals surface area contributed by atoms with E-state index >= 15 is 0 Å². The molecule has 0 bridgehead atoms. The highest BCUT2D eigenvalue weighted by Crippen LogP contribution is 2.32. The second-order valence-electron chi connectivity index (χ2n) is 6.07. The summed E-state index contributed by atoms with van der Waals surface area (Å²) in [4.78, 5) is 23.0. The van der Waals surface area contributed by atoms with E-state index in [-0.39, 0.29) is 18.3 Å². The molecule has 0 spiro atoms. The van der Waals surface area contributed by atoms with E-state index < -0.39 is 0 Å². The van der Waals surface area contributed by atoms with Crippen molar-refractivity contribution in [1.29, 1.82) is 0 Å². The van der Waals surface area contributed by atoms with Crippen molar-refractivity contribution in [3.63, 3.8) is 0 Å². The van der Waals surface area contributed by atoms with Crippen molar-refractivity contribution in [2.45, 2.75) is 4.90 Å². The van der Waals surface area contributed by atoms with Crippen LogP contribution < -0.4 is 4.90 Å². The maximum Gasteiger partial charge on any atom is 0.261 e. The Morgan fingerprint density at radius 1 is 1.19 bits per heavy atom. The second kappa shape index (κ2) is 9.89. The van der Waals surface area contributed by atoms with E-state index in [2.05, 4.69) is 39.2 Å². The Morgan fingerprint density at radius 2 is 1.93 bits per heavy atom. The standard InChI is InChI=1S/C19H20BrN3OS2.ClH/c1-22(2)10-11-23(18(24)14-6-4-5-7-15(14)20)19-21-16-9-8-13(25-3)12-17(16)26-19;/h4-9,12H,10-11H2,1-3H3;1H. The Bertz CT molecular complexity index is 932. The molecule has 0 radical (unpaired) electrons. The Labute approximate surface area is 182 Å². The molecule has 4 nitrogen and oxygen atoms in total. The van der Waals surface area contributed by atoms with E-state index in [9.17, 15) is 4.79 Å². The number of hydrogen-bond acceptors (Lipinski definition) is 5. The van der Waals surface area contributed by atoms with Crippen LogP contribution >= 0.6 is 51.4 Å². The number of hydrogen-bond donors (Lipinski definition) is 0. The first-order valence-corrected chi connectivity index (χ1v) is 11.0. The zero-order valence-corrected chi connectivity index (χ0v) is 19.3. The van der Waals surface area contributed by atoms with Gasteiger partial charge in [0.25, 0.3) is 5.91 Å². The maximum absolute atomic E-state index is 13.2. The minimum Gasteiger partial charge on any atom is -0.308 e. The molecule has 1 amide bonds. The molecule has 0 aliphatic rings. The lowest BCUT2D eigenvalue weighted by Crippen LogP contribution is -2.36. The molecule has 0 N–H and O–H groups in total. The number of carbonyl (C=O) groups excluding carboxylic acids is 1. The fourth-order valence-electron chi connectivity index (χ4n) is 2.50. The smallest absolute Gasteiger partial charge is 0.261 e. The van der Waals surface area contributed by atoms with Gasteiger partial charge in [-0.05, 0) is 66.6 Å². The molecule has 0 saturated heterocycles. The molecule has 0 saturated carbocycles. The van der Waals surface area contributed by atoms with Crippen LogP contribution in [0.5, 0.6) is 0 Å². The third kappa shape index (κ3) is 5.23. The van der Waals surface area contributed by atoms with Crippen LogP contribution in [0.1, 0.15) is 10.4 Å². The van der Waals surface area contributed by atoms with Crippen LogP contribution in [-0.2, 0) is 0 Å². The molecular weight excluding hydrogens is 466 g/mol. The van der Waals surface area contributed by atoms with Gasteiger partial charge in [-0.2, -0.15) is 0 Å². The summed E-state index contributed by atoms with van der Waals surface area (Å²) >= 11 is 6.76. The molecule has 1 heterocycles. The Morgan fingerprint density at radius 3 is 2.59 bits per heavy atom. The number of benzene rings is 2. The van der Waals surface area contributed by atoms with Gasteiger partial charge < -0.3 is 4.90 Å². The summed E-state index contributed by atoms with van der Waals surface area (Å²) in [5, 5.41) is 0.737. The molecule has 27 heavy (non-hydrogen) atoms. The van der Waals surface area contributed by atoms with Gasteiger partial charge in [0.1, 0.15) is 0 Å². The summed E-state index contributed by atoms with van der Waals surface area (Å²) in [5.74, 6) is -0.0385. The van der Waals surface area contributed by atoms with Crippen LogP contribution in [-0.4, -0.2) is 49.2 Å². The van der Waals surface area contributed by atoms with Crippen LogP contribution in [0.4, 0.5) is 5.13 Å². The van der Waals surface area contributed by atoms with Gasteiger partial charge in [-0.25, -0.2) is 4.98 Å². The summed E-state index contributed by atoms with van der Waals surface area (Å²) in [6.07, 6.45) is 2.06. The highest BCUT2D eigenvalue weighted by Gasteiger charge is 2.23. The number of aromatic nitrogens is 1. The molecule has 8 heteroatoms. The molecule has 144 valence electrons. The van der Waals surface area contributed by atoms with Crippen LogP contribution in [0.2, 0.25) is 0 Å². The monoisotopic (exact) mass is 485 g/mol. The molecule has 2 aromatic carbocycles. The van der Waals surface area contributed by atoms with Gasteiger partial charge in [-0.3, -0.25) is 9.69 Å². The number of likely N-dealkylation sites (N-methyl/N-ethyl adjacent to an activating group) is 1. The fourth-order valence-corrected chi connectivity index (χ4v) is 4.50. The quantitative estimate of drug-likeness (QED) is 0.436. The van der Waals surface area contributed by atoms with Crippen molar-refractivity contribution in [3.05, 3.63) is 52.5 Å². The van der Waals surface area contributed by atoms with E-state index in [0.717, 1.165) is 26.4 Å². The van der Waals surface area contributed by atoms with Gasteiger partial charge in [-0.15, -0.1) is 24.2 Å². The summed E-state index contributed by atoms with van der Waals surface area (Å²) < 4.78 is 1.90. The maximum atomic E-state index is 13.2. The molecule has 0 atom stereocenters. The van der Waals surface area contributed by atoms with E-state index in [4.69, 9.17) is 4.98 Å². The van der Waals surface area contributed by atoms with Crippen LogP contribution in [0.3, 0.4) is 0 Å². The molecule has 1 aromatic heterocycles. The van der Waals surface area contributed by atoms with Crippen molar-refractivity contribution >= 4 is 72.7 Å². The van der Waals surface area contributed by atoms with Gasteiger partial charge in [0.15, 0.2) is 5.13 Å². The first-order valence-electron chi connectivity index (χ1n) is 8.15. The van der Waals surface area contributed by atoms with Crippen molar-refractivity contribution in [1.82, 2.24) is 9.88 Å². The predicted molar refractivity (Wildman–Crippen MR) is 123 cm³/mol. The molecule has 0 aliphatic heterocycles. The number of thioether (sulfide) groups is 1. The van der Waals surface area contributed by atoms with Gasteiger partial charge in [0.2, 0.25) is 0 Å². The number of nitrogens with zero attached hydrogens (tertiary/aromatic N) is 3. The van der Waals surface area contributed by atoms with Gasteiger partial charge in [0, 0.05) is 22.5 Å². The van der Waals surface area contributed by atoms with E-state index in [1.54, 1.807) is 28.0 Å². The van der Waals surface area contributed by atoms with Crippen LogP contribution in [0.25, 0.3) is 10.2 Å². The highest BCUT2D eigenvalue weighted by atomic mass is 79.9. The third-order valence-electron chi connectivity index (χ3n) is 3.94. The summed E-state index contributed by atoms with van der Waals surface area (Å²) in [7, 11) is 4.01. The molecule has 0 aliphatic carbocycles. The fraction of sp³-hybridized carbons (Fsp3) is 0.263. The Hall–Kier alpha value is -1.12. The highest BCUT2D eigenvalue weighted by molar-refractivity contribution is 9.10. The minimum atomic E-state index is -0.0385. The number of halogens is 2.